The van der Waals surface area contributed by atoms with Gasteiger partial charge in [-0.25, -0.2) is 9.59 Å². The first kappa shape index (κ1) is 35.2. The number of aliphatic hydroxyl groups is 2. The quantitative estimate of drug-likeness (QED) is 0.0786. The van der Waals surface area contributed by atoms with Crippen molar-refractivity contribution in [1.29, 1.82) is 0 Å². The van der Waals surface area contributed by atoms with Crippen LogP contribution in [0.15, 0.2) is 4.52 Å². The van der Waals surface area contributed by atoms with Crippen LogP contribution in [0, 0.1) is 0 Å². The molecule has 1 aromatic heterocycles. The Morgan fingerprint density at radius 3 is 2.32 bits per heavy atom. The number of unbranched alkanes of at least 4 members (excludes halogenated alkanes) is 3. The monoisotopic (exact) mass is 586 g/mol. The number of carboxylic acid groups (broad SMARTS) is 1. The summed E-state index contributed by atoms with van der Waals surface area (Å²) < 4.78 is 5.19. The Morgan fingerprint density at radius 2 is 1.73 bits per heavy atom. The topological polar surface area (TPSA) is 285 Å². The van der Waals surface area contributed by atoms with Gasteiger partial charge in [-0.05, 0) is 26.2 Å². The fourth-order valence-electron chi connectivity index (χ4n) is 3.58. The zero-order chi connectivity index (χ0) is 30.9. The van der Waals surface area contributed by atoms with Gasteiger partial charge in [0.2, 0.25) is 23.6 Å². The van der Waals surface area contributed by atoms with Crippen molar-refractivity contribution >= 4 is 29.7 Å². The van der Waals surface area contributed by atoms with Crippen LogP contribution < -0.4 is 32.7 Å². The SMILES string of the molecule is CCCCCCNC(=O)CC[C@H](NC(=O)N[C@@H](CCC(N)=O)C(=O)N[C@H](C(=O)O)C(C)O)c1nc([C@@H](N)CO)no1. The van der Waals surface area contributed by atoms with Crippen LogP contribution in [0.3, 0.4) is 0 Å². The molecule has 0 radical (unpaired) electrons. The maximum Gasteiger partial charge on any atom is 0.328 e. The summed E-state index contributed by atoms with van der Waals surface area (Å²) >= 11 is 0. The standard InChI is InChI=1S/C24H42N8O9/c1-3-4-5-6-11-27-18(36)10-8-16(22-31-20(32-41-22)14(25)12-33)29-24(40)28-15(7-9-17(26)35)21(37)30-19(13(2)34)23(38)39/h13-16,19,33-34H,3-12,25H2,1-2H3,(H2,26,35)(H,27,36)(H,30,37)(H,38,39)(H2,28,29,40)/t13?,14-,15-,16-,19-/m0/s1. The second-order valence-electron chi connectivity index (χ2n) is 9.52. The van der Waals surface area contributed by atoms with Gasteiger partial charge in [0.15, 0.2) is 11.9 Å². The summed E-state index contributed by atoms with van der Waals surface area (Å²) in [7, 11) is 0. The lowest BCUT2D eigenvalue weighted by molar-refractivity contribution is -0.145. The third-order valence-corrected chi connectivity index (χ3v) is 5.95. The van der Waals surface area contributed by atoms with E-state index in [9.17, 15) is 39.3 Å². The molecule has 0 saturated heterocycles. The molecule has 1 rings (SSSR count). The lowest BCUT2D eigenvalue weighted by Gasteiger charge is -2.23. The highest BCUT2D eigenvalue weighted by Crippen LogP contribution is 2.19. The van der Waals surface area contributed by atoms with Crippen LogP contribution in [-0.2, 0) is 19.2 Å². The zero-order valence-corrected chi connectivity index (χ0v) is 23.3. The molecule has 41 heavy (non-hydrogen) atoms. The number of aromatic nitrogens is 2. The van der Waals surface area contributed by atoms with E-state index in [0.717, 1.165) is 32.6 Å². The molecule has 0 spiro atoms. The van der Waals surface area contributed by atoms with E-state index >= 15 is 0 Å². The fraction of sp³-hybridized carbons (Fsp3) is 0.708. The van der Waals surface area contributed by atoms with Crippen LogP contribution in [-0.4, -0.2) is 86.5 Å². The van der Waals surface area contributed by atoms with E-state index in [1.807, 2.05) is 0 Å². The number of hydrogen-bond acceptors (Lipinski definition) is 11. The Bertz CT molecular complexity index is 1000. The molecule has 1 aromatic rings. The molecule has 0 fully saturated rings. The van der Waals surface area contributed by atoms with Crippen molar-refractivity contribution in [2.45, 2.75) is 95.5 Å². The number of urea groups is 1. The first-order valence-corrected chi connectivity index (χ1v) is 13.4. The van der Waals surface area contributed by atoms with E-state index in [-0.39, 0.29) is 43.3 Å². The predicted molar refractivity (Wildman–Crippen MR) is 143 cm³/mol. The molecule has 0 aliphatic carbocycles. The van der Waals surface area contributed by atoms with Crippen molar-refractivity contribution in [2.24, 2.45) is 11.5 Å². The highest BCUT2D eigenvalue weighted by Gasteiger charge is 2.31. The maximum absolute atomic E-state index is 12.9. The summed E-state index contributed by atoms with van der Waals surface area (Å²) in [6.07, 6.45) is 1.83. The second kappa shape index (κ2) is 18.5. The molecule has 0 aliphatic rings. The summed E-state index contributed by atoms with van der Waals surface area (Å²) in [6, 6.07) is -6.03. The molecule has 0 aromatic carbocycles. The van der Waals surface area contributed by atoms with Gasteiger partial charge in [-0.2, -0.15) is 4.98 Å². The van der Waals surface area contributed by atoms with Gasteiger partial charge in [-0.1, -0.05) is 31.3 Å². The number of hydrogen-bond donors (Lipinski definition) is 9. The van der Waals surface area contributed by atoms with E-state index in [1.165, 1.54) is 0 Å². The smallest absolute Gasteiger partial charge is 0.328 e. The third-order valence-electron chi connectivity index (χ3n) is 5.95. The molecular formula is C24H42N8O9. The second-order valence-corrected chi connectivity index (χ2v) is 9.52. The van der Waals surface area contributed by atoms with E-state index < -0.39 is 60.7 Å². The zero-order valence-electron chi connectivity index (χ0n) is 23.3. The van der Waals surface area contributed by atoms with Gasteiger partial charge in [0.05, 0.1) is 18.8 Å². The first-order chi connectivity index (χ1) is 19.4. The van der Waals surface area contributed by atoms with Crippen LogP contribution >= 0.6 is 0 Å². The number of amides is 5. The number of aliphatic hydroxyl groups excluding tert-OH is 2. The normalized spacial score (nSPS) is 14.7. The Labute approximate surface area is 237 Å². The van der Waals surface area contributed by atoms with Crippen molar-refractivity contribution in [3.8, 4) is 0 Å². The number of carbonyl (C=O) groups is 5. The number of primary amides is 1. The highest BCUT2D eigenvalue weighted by molar-refractivity contribution is 5.90. The molecule has 5 atom stereocenters. The summed E-state index contributed by atoms with van der Waals surface area (Å²) in [5.74, 6) is -3.70. The van der Waals surface area contributed by atoms with Crippen molar-refractivity contribution in [3.05, 3.63) is 11.7 Å². The van der Waals surface area contributed by atoms with Crippen LogP contribution in [0.25, 0.3) is 0 Å². The van der Waals surface area contributed by atoms with Crippen molar-refractivity contribution in [2.75, 3.05) is 13.2 Å². The summed E-state index contributed by atoms with van der Waals surface area (Å²) in [5.41, 5.74) is 10.9. The minimum Gasteiger partial charge on any atom is -0.480 e. The Morgan fingerprint density at radius 1 is 1.02 bits per heavy atom. The predicted octanol–water partition coefficient (Wildman–Crippen LogP) is -1.54. The molecule has 5 amide bonds. The number of nitrogens with one attached hydrogen (secondary N) is 4. The summed E-state index contributed by atoms with van der Waals surface area (Å²) in [6.45, 7) is 3.25. The van der Waals surface area contributed by atoms with Gasteiger partial charge in [0, 0.05) is 19.4 Å². The highest BCUT2D eigenvalue weighted by atomic mass is 16.5. The number of carbonyl (C=O) groups excluding carboxylic acids is 4. The molecule has 1 unspecified atom stereocenters. The van der Waals surface area contributed by atoms with E-state index in [0.29, 0.717) is 6.54 Å². The molecule has 0 saturated carbocycles. The molecule has 11 N–H and O–H groups in total. The van der Waals surface area contributed by atoms with Crippen LogP contribution in [0.5, 0.6) is 0 Å². The fourth-order valence-corrected chi connectivity index (χ4v) is 3.58. The Hall–Kier alpha value is -3.83. The minimum absolute atomic E-state index is 0.00543. The number of nitrogens with zero attached hydrogens (tertiary/aromatic N) is 2. The van der Waals surface area contributed by atoms with Crippen molar-refractivity contribution in [1.82, 2.24) is 31.4 Å². The number of rotatable bonds is 20. The number of nitrogens with two attached hydrogens (primary N) is 2. The Kier molecular flexibility index (Phi) is 15.9. The minimum atomic E-state index is -1.68. The van der Waals surface area contributed by atoms with Gasteiger partial charge in [-0.3, -0.25) is 14.4 Å². The van der Waals surface area contributed by atoms with E-state index in [4.69, 9.17) is 16.0 Å². The first-order valence-electron chi connectivity index (χ1n) is 13.4. The average molecular weight is 587 g/mol. The van der Waals surface area contributed by atoms with Gasteiger partial charge >= 0.3 is 12.0 Å². The van der Waals surface area contributed by atoms with Crippen LogP contribution in [0.1, 0.15) is 89.0 Å². The molecule has 0 bridgehead atoms. The summed E-state index contributed by atoms with van der Waals surface area (Å²) in [5, 5.41) is 41.6. The van der Waals surface area contributed by atoms with Crippen LogP contribution in [0.4, 0.5) is 4.79 Å². The number of carboxylic acids is 1. The summed E-state index contributed by atoms with van der Waals surface area (Å²) in [4.78, 5) is 64.8. The van der Waals surface area contributed by atoms with Gasteiger partial charge < -0.3 is 52.6 Å². The van der Waals surface area contributed by atoms with Gasteiger partial charge in [-0.15, -0.1) is 0 Å². The molecule has 17 heteroatoms. The average Bonchev–Trinajstić information content (AvgIpc) is 3.41. The maximum atomic E-state index is 12.9. The molecule has 1 heterocycles. The lowest BCUT2D eigenvalue weighted by atomic mass is 10.1. The Balaban J connectivity index is 3.00. The largest absolute Gasteiger partial charge is 0.480 e. The van der Waals surface area contributed by atoms with Gasteiger partial charge in [0.1, 0.15) is 12.1 Å². The molecular weight excluding hydrogens is 544 g/mol. The number of aliphatic carboxylic acids is 1. The third kappa shape index (κ3) is 13.4. The molecule has 0 aliphatic heterocycles. The molecule has 232 valence electrons. The van der Waals surface area contributed by atoms with E-state index in [2.05, 4.69) is 38.3 Å². The lowest BCUT2D eigenvalue weighted by Crippen LogP contribution is -2.56. The van der Waals surface area contributed by atoms with Crippen LogP contribution in [0.2, 0.25) is 0 Å². The van der Waals surface area contributed by atoms with Gasteiger partial charge in [0.25, 0.3) is 0 Å². The van der Waals surface area contributed by atoms with E-state index in [1.54, 1.807) is 0 Å². The van der Waals surface area contributed by atoms with Crippen molar-refractivity contribution in [3.63, 3.8) is 0 Å². The molecule has 17 nitrogen and oxygen atoms in total. The van der Waals surface area contributed by atoms with Crippen molar-refractivity contribution < 1.29 is 43.8 Å².